The van der Waals surface area contributed by atoms with E-state index in [4.69, 9.17) is 0 Å². The van der Waals surface area contributed by atoms with E-state index in [9.17, 15) is 9.59 Å². The molecule has 0 aliphatic heterocycles. The summed E-state index contributed by atoms with van der Waals surface area (Å²) in [5.74, 6) is 0.243. The Kier molecular flexibility index (Phi) is 4.05. The highest BCUT2D eigenvalue weighted by atomic mass is 16.2. The minimum absolute atomic E-state index is 0.0168. The number of hydrogen-bond donors (Lipinski definition) is 1. The van der Waals surface area contributed by atoms with Crippen LogP contribution < -0.4 is 10.9 Å². The molecule has 2 aromatic heterocycles. The number of rotatable bonds is 5. The lowest BCUT2D eigenvalue weighted by molar-refractivity contribution is -0.123. The normalized spacial score (nSPS) is 15.7. The molecule has 4 rings (SSSR count). The second-order valence-electron chi connectivity index (χ2n) is 6.40. The van der Waals surface area contributed by atoms with Crippen molar-refractivity contribution < 1.29 is 4.79 Å². The van der Waals surface area contributed by atoms with Gasteiger partial charge in [-0.2, -0.15) is 10.2 Å². The molecule has 1 amide bonds. The van der Waals surface area contributed by atoms with Gasteiger partial charge in [0.25, 0.3) is 5.56 Å². The third-order valence-corrected chi connectivity index (χ3v) is 4.81. The van der Waals surface area contributed by atoms with Gasteiger partial charge in [0.1, 0.15) is 18.4 Å². The number of carbonyl (C=O) groups is 1. The van der Waals surface area contributed by atoms with E-state index < -0.39 is 0 Å². The summed E-state index contributed by atoms with van der Waals surface area (Å²) < 4.78 is 2.58. The summed E-state index contributed by atoms with van der Waals surface area (Å²) in [6, 6.07) is 11.6. The lowest BCUT2D eigenvalue weighted by Crippen LogP contribution is -2.40. The van der Waals surface area contributed by atoms with Crippen molar-refractivity contribution >= 4 is 11.4 Å². The van der Waals surface area contributed by atoms with Crippen molar-refractivity contribution in [2.24, 2.45) is 5.92 Å². The number of hydrogen-bond acceptors (Lipinski definition) is 4. The number of aromatic nitrogens is 4. The van der Waals surface area contributed by atoms with Gasteiger partial charge in [0.05, 0.1) is 12.2 Å². The molecule has 0 unspecified atom stereocenters. The molecule has 3 aromatic rings. The maximum absolute atomic E-state index is 12.5. The van der Waals surface area contributed by atoms with Gasteiger partial charge in [0.15, 0.2) is 0 Å². The summed E-state index contributed by atoms with van der Waals surface area (Å²) in [4.78, 5) is 24.9. The van der Waals surface area contributed by atoms with Gasteiger partial charge >= 0.3 is 0 Å². The molecule has 1 N–H and O–H groups in total. The van der Waals surface area contributed by atoms with E-state index >= 15 is 0 Å². The highest BCUT2D eigenvalue weighted by Crippen LogP contribution is 2.37. The van der Waals surface area contributed by atoms with Gasteiger partial charge in [0.2, 0.25) is 5.91 Å². The predicted octanol–water partition coefficient (Wildman–Crippen LogP) is 1.55. The fourth-order valence-electron chi connectivity index (χ4n) is 3.25. The topological polar surface area (TPSA) is 81.3 Å². The molecule has 1 fully saturated rings. The molecule has 128 valence electrons. The number of nitrogens with one attached hydrogen (secondary N) is 1. The highest BCUT2D eigenvalue weighted by Gasteiger charge is 2.29. The lowest BCUT2D eigenvalue weighted by Gasteiger charge is -2.34. The molecule has 7 heteroatoms. The standard InChI is InChI=1S/C18H19N5O2/c24-16(11-22-18(25)15-9-10-19-23(15)12-20-22)21-17(14-7-4-8-14)13-5-2-1-3-6-13/h1-3,5-6,9-10,12,14,17H,4,7-8,11H2,(H,21,24)/t17-/m1/s1. The van der Waals surface area contributed by atoms with Crippen LogP contribution >= 0.6 is 0 Å². The van der Waals surface area contributed by atoms with Crippen molar-refractivity contribution in [3.05, 3.63) is 64.8 Å². The number of amides is 1. The van der Waals surface area contributed by atoms with Crippen LogP contribution in [0.25, 0.3) is 5.52 Å². The molecule has 1 aromatic carbocycles. The van der Waals surface area contributed by atoms with Crippen LogP contribution in [0.15, 0.2) is 53.7 Å². The monoisotopic (exact) mass is 337 g/mol. The molecule has 25 heavy (non-hydrogen) atoms. The van der Waals surface area contributed by atoms with E-state index in [0.29, 0.717) is 11.4 Å². The summed E-state index contributed by atoms with van der Waals surface area (Å²) >= 11 is 0. The van der Waals surface area contributed by atoms with Crippen molar-refractivity contribution in [1.82, 2.24) is 24.7 Å². The summed E-state index contributed by atoms with van der Waals surface area (Å²) in [6.45, 7) is -0.101. The van der Waals surface area contributed by atoms with Crippen LogP contribution in [0.3, 0.4) is 0 Å². The maximum atomic E-state index is 12.5. The van der Waals surface area contributed by atoms with Crippen LogP contribution in [-0.2, 0) is 11.3 Å². The molecular weight excluding hydrogens is 318 g/mol. The Balaban J connectivity index is 1.53. The lowest BCUT2D eigenvalue weighted by atomic mass is 9.77. The third-order valence-electron chi connectivity index (χ3n) is 4.81. The Hall–Kier alpha value is -2.96. The number of nitrogens with zero attached hydrogens (tertiary/aromatic N) is 4. The molecule has 1 saturated carbocycles. The number of carbonyl (C=O) groups excluding carboxylic acids is 1. The van der Waals surface area contributed by atoms with Crippen LogP contribution in [0.1, 0.15) is 30.9 Å². The van der Waals surface area contributed by atoms with Gasteiger partial charge in [-0.15, -0.1) is 0 Å². The molecule has 0 spiro atoms. The third kappa shape index (κ3) is 3.05. The van der Waals surface area contributed by atoms with Gasteiger partial charge < -0.3 is 5.32 Å². The minimum atomic E-state index is -0.324. The van der Waals surface area contributed by atoms with Gasteiger partial charge in [-0.25, -0.2) is 9.20 Å². The SMILES string of the molecule is O=C(Cn1ncn2nccc2c1=O)N[C@H](c1ccccc1)C1CCC1. The van der Waals surface area contributed by atoms with Gasteiger partial charge in [-0.05, 0) is 30.4 Å². The van der Waals surface area contributed by atoms with Crippen molar-refractivity contribution in [3.8, 4) is 0 Å². The largest absolute Gasteiger partial charge is 0.347 e. The molecule has 0 bridgehead atoms. The van der Waals surface area contributed by atoms with Crippen LogP contribution in [-0.4, -0.2) is 25.3 Å². The molecule has 7 nitrogen and oxygen atoms in total. The summed E-state index contributed by atoms with van der Waals surface area (Å²) in [5.41, 5.74) is 1.18. The predicted molar refractivity (Wildman–Crippen MR) is 91.9 cm³/mol. The Morgan fingerprint density at radius 2 is 2.00 bits per heavy atom. The van der Waals surface area contributed by atoms with E-state index in [2.05, 4.69) is 15.5 Å². The fourth-order valence-corrected chi connectivity index (χ4v) is 3.25. The van der Waals surface area contributed by atoms with Crippen molar-refractivity contribution in [3.63, 3.8) is 0 Å². The Labute approximate surface area is 144 Å². The van der Waals surface area contributed by atoms with Crippen LogP contribution in [0.5, 0.6) is 0 Å². The average molecular weight is 337 g/mol. The van der Waals surface area contributed by atoms with Crippen molar-refractivity contribution in [2.45, 2.75) is 31.8 Å². The summed E-state index contributed by atoms with van der Waals surface area (Å²) in [6.07, 6.45) is 6.39. The van der Waals surface area contributed by atoms with E-state index in [-0.39, 0.29) is 24.1 Å². The van der Waals surface area contributed by atoms with E-state index in [1.54, 1.807) is 6.07 Å². The Bertz CT molecular complexity index is 943. The van der Waals surface area contributed by atoms with E-state index in [1.807, 2.05) is 30.3 Å². The zero-order chi connectivity index (χ0) is 17.2. The fraction of sp³-hybridized carbons (Fsp3) is 0.333. The average Bonchev–Trinajstić information content (AvgIpc) is 3.05. The molecule has 0 radical (unpaired) electrons. The molecule has 1 aliphatic carbocycles. The molecule has 2 heterocycles. The Morgan fingerprint density at radius 1 is 1.20 bits per heavy atom. The van der Waals surface area contributed by atoms with E-state index in [0.717, 1.165) is 18.4 Å². The first-order valence-electron chi connectivity index (χ1n) is 8.46. The van der Waals surface area contributed by atoms with Crippen LogP contribution in [0, 0.1) is 5.92 Å². The molecule has 1 aliphatic rings. The second kappa shape index (κ2) is 6.51. The highest BCUT2D eigenvalue weighted by molar-refractivity contribution is 5.76. The minimum Gasteiger partial charge on any atom is -0.347 e. The van der Waals surface area contributed by atoms with Crippen LogP contribution in [0.2, 0.25) is 0 Å². The molecular formula is C18H19N5O2. The van der Waals surface area contributed by atoms with Crippen molar-refractivity contribution in [2.75, 3.05) is 0 Å². The van der Waals surface area contributed by atoms with Crippen LogP contribution in [0.4, 0.5) is 0 Å². The zero-order valence-corrected chi connectivity index (χ0v) is 13.7. The summed E-state index contributed by atoms with van der Waals surface area (Å²) in [7, 11) is 0. The first-order chi connectivity index (χ1) is 12.2. The quantitative estimate of drug-likeness (QED) is 0.766. The number of benzene rings is 1. The van der Waals surface area contributed by atoms with E-state index in [1.165, 1.54) is 28.1 Å². The van der Waals surface area contributed by atoms with Gasteiger partial charge in [-0.1, -0.05) is 36.8 Å². The molecule has 1 atom stereocenters. The Morgan fingerprint density at radius 3 is 2.72 bits per heavy atom. The maximum Gasteiger partial charge on any atom is 0.293 e. The molecule has 0 saturated heterocycles. The van der Waals surface area contributed by atoms with Crippen molar-refractivity contribution in [1.29, 1.82) is 0 Å². The second-order valence-corrected chi connectivity index (χ2v) is 6.40. The number of fused-ring (bicyclic) bond motifs is 1. The first kappa shape index (κ1) is 15.6. The summed E-state index contributed by atoms with van der Waals surface area (Å²) in [5, 5.41) is 11.1. The van der Waals surface area contributed by atoms with Gasteiger partial charge in [0, 0.05) is 0 Å². The smallest absolute Gasteiger partial charge is 0.293 e. The van der Waals surface area contributed by atoms with Gasteiger partial charge in [-0.3, -0.25) is 9.59 Å². The zero-order valence-electron chi connectivity index (χ0n) is 13.7. The first-order valence-corrected chi connectivity index (χ1v) is 8.46.